The lowest BCUT2D eigenvalue weighted by molar-refractivity contribution is -0.121. The average Bonchev–Trinajstić information content (AvgIpc) is 2.60. The van der Waals surface area contributed by atoms with Crippen LogP contribution in [0, 0.1) is 11.7 Å². The number of rotatable bonds is 4. The summed E-state index contributed by atoms with van der Waals surface area (Å²) < 4.78 is 40.5. The molecule has 1 heterocycles. The Kier molecular flexibility index (Phi) is 5.00. The fourth-order valence-corrected chi connectivity index (χ4v) is 4.06. The van der Waals surface area contributed by atoms with Gasteiger partial charge in [-0.3, -0.25) is 9.52 Å². The van der Waals surface area contributed by atoms with Crippen molar-refractivity contribution in [3.05, 3.63) is 53.8 Å². The van der Waals surface area contributed by atoms with E-state index in [2.05, 4.69) is 4.72 Å². The summed E-state index contributed by atoms with van der Waals surface area (Å²) in [7, 11) is -3.83. The van der Waals surface area contributed by atoms with Gasteiger partial charge in [-0.05, 0) is 54.8 Å². The number of sulfonamides is 1. The van der Waals surface area contributed by atoms with Crippen LogP contribution in [0.2, 0.25) is 0 Å². The van der Waals surface area contributed by atoms with Crippen molar-refractivity contribution in [1.29, 1.82) is 0 Å². The molecule has 0 spiro atoms. The number of fused-ring (bicyclic) bond motifs is 1. The zero-order valence-corrected chi connectivity index (χ0v) is 15.5. The normalized spacial score (nSPS) is 14.2. The van der Waals surface area contributed by atoms with Gasteiger partial charge in [-0.25, -0.2) is 12.8 Å². The molecule has 1 amide bonds. The van der Waals surface area contributed by atoms with E-state index in [1.165, 1.54) is 12.1 Å². The number of carbonyl (C=O) groups excluding carboxylic acids is 1. The number of amides is 1. The molecule has 1 aliphatic heterocycles. The molecule has 5 nitrogen and oxygen atoms in total. The van der Waals surface area contributed by atoms with Crippen molar-refractivity contribution in [2.24, 2.45) is 5.92 Å². The summed E-state index contributed by atoms with van der Waals surface area (Å²) in [4.78, 5) is 14.2. The maximum Gasteiger partial charge on any atom is 0.261 e. The van der Waals surface area contributed by atoms with E-state index in [0.29, 0.717) is 12.2 Å². The zero-order chi connectivity index (χ0) is 18.9. The Morgan fingerprint density at radius 2 is 1.85 bits per heavy atom. The molecule has 7 heteroatoms. The molecule has 1 aliphatic rings. The predicted octanol–water partition coefficient (Wildman–Crippen LogP) is 3.56. The monoisotopic (exact) mass is 376 g/mol. The maximum atomic E-state index is 13.0. The number of nitrogens with zero attached hydrogens (tertiary/aromatic N) is 1. The molecule has 0 aliphatic carbocycles. The molecule has 138 valence electrons. The predicted molar refractivity (Wildman–Crippen MR) is 99.2 cm³/mol. The largest absolute Gasteiger partial charge is 0.312 e. The van der Waals surface area contributed by atoms with Crippen molar-refractivity contribution < 1.29 is 17.6 Å². The fourth-order valence-electron chi connectivity index (χ4n) is 3.01. The second-order valence-electron chi connectivity index (χ2n) is 6.65. The first-order valence-electron chi connectivity index (χ1n) is 8.50. The molecule has 0 saturated carbocycles. The van der Waals surface area contributed by atoms with Crippen molar-refractivity contribution >= 4 is 27.3 Å². The van der Waals surface area contributed by atoms with Gasteiger partial charge in [-0.15, -0.1) is 0 Å². The highest BCUT2D eigenvalue weighted by Crippen LogP contribution is 2.32. The van der Waals surface area contributed by atoms with E-state index in [0.717, 1.165) is 36.2 Å². The minimum Gasteiger partial charge on any atom is -0.312 e. The Morgan fingerprint density at radius 3 is 2.50 bits per heavy atom. The Bertz CT molecular complexity index is 924. The molecule has 0 saturated heterocycles. The number of hydrogen-bond acceptors (Lipinski definition) is 3. The van der Waals surface area contributed by atoms with E-state index in [1.54, 1.807) is 17.0 Å². The molecule has 26 heavy (non-hydrogen) atoms. The Labute approximate surface area is 152 Å². The minimum atomic E-state index is -3.83. The van der Waals surface area contributed by atoms with Gasteiger partial charge in [0.05, 0.1) is 10.6 Å². The van der Waals surface area contributed by atoms with Crippen LogP contribution in [0.25, 0.3) is 0 Å². The zero-order valence-electron chi connectivity index (χ0n) is 14.7. The van der Waals surface area contributed by atoms with Crippen LogP contribution >= 0.6 is 0 Å². The van der Waals surface area contributed by atoms with Crippen LogP contribution < -0.4 is 9.62 Å². The molecular formula is C19H21FN2O3S. The van der Waals surface area contributed by atoms with Crippen molar-refractivity contribution in [3.8, 4) is 0 Å². The van der Waals surface area contributed by atoms with Gasteiger partial charge in [0, 0.05) is 18.2 Å². The lowest BCUT2D eigenvalue weighted by Gasteiger charge is -2.31. The van der Waals surface area contributed by atoms with Crippen LogP contribution in [0.5, 0.6) is 0 Å². The van der Waals surface area contributed by atoms with Gasteiger partial charge in [0.15, 0.2) is 0 Å². The summed E-state index contributed by atoms with van der Waals surface area (Å²) in [6.07, 6.45) is 1.73. The smallest absolute Gasteiger partial charge is 0.261 e. The third-order valence-electron chi connectivity index (χ3n) is 4.34. The molecule has 0 fully saturated rings. The highest BCUT2D eigenvalue weighted by Gasteiger charge is 2.25. The third kappa shape index (κ3) is 3.72. The average molecular weight is 376 g/mol. The number of carbonyl (C=O) groups is 1. The first-order valence-corrected chi connectivity index (χ1v) is 9.99. The second-order valence-corrected chi connectivity index (χ2v) is 8.33. The number of halogens is 1. The minimum absolute atomic E-state index is 0.0180. The van der Waals surface area contributed by atoms with E-state index in [-0.39, 0.29) is 16.7 Å². The Balaban J connectivity index is 1.92. The van der Waals surface area contributed by atoms with E-state index in [1.807, 2.05) is 19.9 Å². The molecular weight excluding hydrogens is 355 g/mol. The Morgan fingerprint density at radius 1 is 1.15 bits per heavy atom. The van der Waals surface area contributed by atoms with Gasteiger partial charge in [-0.1, -0.05) is 19.9 Å². The Hall–Kier alpha value is -2.41. The fraction of sp³-hybridized carbons (Fsp3) is 0.316. The summed E-state index contributed by atoms with van der Waals surface area (Å²) in [6.45, 7) is 4.31. The van der Waals surface area contributed by atoms with E-state index in [9.17, 15) is 17.6 Å². The first-order chi connectivity index (χ1) is 12.3. The molecule has 0 unspecified atom stereocenters. The van der Waals surface area contributed by atoms with Gasteiger partial charge in [0.1, 0.15) is 5.82 Å². The molecule has 1 N–H and O–H groups in total. The highest BCUT2D eigenvalue weighted by molar-refractivity contribution is 7.92. The van der Waals surface area contributed by atoms with Gasteiger partial charge in [-0.2, -0.15) is 0 Å². The quantitative estimate of drug-likeness (QED) is 0.887. The number of aryl methyl sites for hydroxylation is 1. The molecule has 2 aromatic carbocycles. The topological polar surface area (TPSA) is 66.5 Å². The first kappa shape index (κ1) is 18.4. The van der Waals surface area contributed by atoms with Crippen molar-refractivity contribution in [2.45, 2.75) is 31.6 Å². The lowest BCUT2D eigenvalue weighted by Crippen LogP contribution is -2.38. The summed E-state index contributed by atoms with van der Waals surface area (Å²) in [5.41, 5.74) is 2.14. The molecule has 2 aromatic rings. The van der Waals surface area contributed by atoms with Crippen LogP contribution in [-0.4, -0.2) is 20.9 Å². The van der Waals surface area contributed by atoms with Gasteiger partial charge in [0.2, 0.25) is 5.91 Å². The lowest BCUT2D eigenvalue weighted by atomic mass is 9.99. The summed E-state index contributed by atoms with van der Waals surface area (Å²) in [5, 5.41) is 0. The molecule has 0 aromatic heterocycles. The standard InChI is InChI=1S/C19H21FN2O3S/c1-13(2)19(23)22-11-3-4-14-5-8-16(12-18(14)22)21-26(24,25)17-9-6-15(20)7-10-17/h5-10,12-13,21H,3-4,11H2,1-2H3. The summed E-state index contributed by atoms with van der Waals surface area (Å²) in [5.74, 6) is -0.620. The highest BCUT2D eigenvalue weighted by atomic mass is 32.2. The summed E-state index contributed by atoms with van der Waals surface area (Å²) >= 11 is 0. The van der Waals surface area contributed by atoms with Crippen LogP contribution in [-0.2, 0) is 21.2 Å². The van der Waals surface area contributed by atoms with Crippen LogP contribution in [0.3, 0.4) is 0 Å². The van der Waals surface area contributed by atoms with Gasteiger partial charge < -0.3 is 4.90 Å². The SMILES string of the molecule is CC(C)C(=O)N1CCCc2ccc(NS(=O)(=O)c3ccc(F)cc3)cc21. The molecule has 3 rings (SSSR count). The number of nitrogens with one attached hydrogen (secondary N) is 1. The van der Waals surface area contributed by atoms with E-state index >= 15 is 0 Å². The number of benzene rings is 2. The van der Waals surface area contributed by atoms with Crippen molar-refractivity contribution in [2.75, 3.05) is 16.2 Å². The van der Waals surface area contributed by atoms with Crippen molar-refractivity contribution in [1.82, 2.24) is 0 Å². The summed E-state index contributed by atoms with van der Waals surface area (Å²) in [6, 6.07) is 9.85. The van der Waals surface area contributed by atoms with Crippen LogP contribution in [0.1, 0.15) is 25.8 Å². The third-order valence-corrected chi connectivity index (χ3v) is 5.74. The maximum absolute atomic E-state index is 13.0. The molecule has 0 atom stereocenters. The van der Waals surface area contributed by atoms with E-state index in [4.69, 9.17) is 0 Å². The van der Waals surface area contributed by atoms with Crippen LogP contribution in [0.15, 0.2) is 47.4 Å². The molecule has 0 radical (unpaired) electrons. The second kappa shape index (κ2) is 7.07. The van der Waals surface area contributed by atoms with Gasteiger partial charge >= 0.3 is 0 Å². The molecule has 0 bridgehead atoms. The number of hydrogen-bond donors (Lipinski definition) is 1. The van der Waals surface area contributed by atoms with Crippen LogP contribution in [0.4, 0.5) is 15.8 Å². The van der Waals surface area contributed by atoms with Gasteiger partial charge in [0.25, 0.3) is 10.0 Å². The number of anilines is 2. The van der Waals surface area contributed by atoms with E-state index < -0.39 is 15.8 Å². The van der Waals surface area contributed by atoms with Crippen molar-refractivity contribution in [3.63, 3.8) is 0 Å².